The normalized spacial score (nSPS) is 21.0. The Morgan fingerprint density at radius 2 is 1.70 bits per heavy atom. The van der Waals surface area contributed by atoms with Gasteiger partial charge in [-0.3, -0.25) is 4.79 Å². The lowest BCUT2D eigenvalue weighted by Crippen LogP contribution is -2.29. The molecule has 0 N–H and O–H groups in total. The third-order valence-electron chi connectivity index (χ3n) is 4.21. The first-order valence-electron chi connectivity index (χ1n) is 8.79. The van der Waals surface area contributed by atoms with Gasteiger partial charge in [0, 0.05) is 6.61 Å². The van der Waals surface area contributed by atoms with Crippen molar-refractivity contribution in [2.75, 3.05) is 13.2 Å². The Hall–Kier alpha value is -1.55. The molecule has 1 aromatic rings. The smallest absolute Gasteiger partial charge is 0.314 e. The fourth-order valence-electron chi connectivity index (χ4n) is 2.83. The SMILES string of the molecule is CCCCOC1CCC(C(=O)Oc2ccc(OCC)cc2)CC1. The van der Waals surface area contributed by atoms with E-state index in [1.165, 1.54) is 0 Å². The Morgan fingerprint density at radius 3 is 2.30 bits per heavy atom. The molecule has 1 fully saturated rings. The molecule has 1 aliphatic carbocycles. The molecule has 0 saturated heterocycles. The van der Waals surface area contributed by atoms with Gasteiger partial charge < -0.3 is 14.2 Å². The molecule has 2 rings (SSSR count). The summed E-state index contributed by atoms with van der Waals surface area (Å²) in [5.74, 6) is 1.24. The average Bonchev–Trinajstić information content (AvgIpc) is 2.58. The number of esters is 1. The van der Waals surface area contributed by atoms with Gasteiger partial charge >= 0.3 is 5.97 Å². The second-order valence-corrected chi connectivity index (χ2v) is 6.02. The summed E-state index contributed by atoms with van der Waals surface area (Å²) in [6, 6.07) is 7.21. The van der Waals surface area contributed by atoms with Gasteiger partial charge in [-0.25, -0.2) is 0 Å². The Labute approximate surface area is 139 Å². The molecule has 0 amide bonds. The van der Waals surface area contributed by atoms with Crippen LogP contribution in [-0.4, -0.2) is 25.3 Å². The predicted molar refractivity (Wildman–Crippen MR) is 89.9 cm³/mol. The first-order valence-corrected chi connectivity index (χ1v) is 8.79. The highest BCUT2D eigenvalue weighted by molar-refractivity contribution is 5.75. The summed E-state index contributed by atoms with van der Waals surface area (Å²) in [4.78, 5) is 12.3. The minimum Gasteiger partial charge on any atom is -0.494 e. The number of hydrogen-bond acceptors (Lipinski definition) is 4. The minimum atomic E-state index is -0.124. The third-order valence-corrected chi connectivity index (χ3v) is 4.21. The summed E-state index contributed by atoms with van der Waals surface area (Å²) in [5.41, 5.74) is 0. The van der Waals surface area contributed by atoms with Crippen LogP contribution in [0.15, 0.2) is 24.3 Å². The van der Waals surface area contributed by atoms with Crippen LogP contribution in [0.2, 0.25) is 0 Å². The van der Waals surface area contributed by atoms with Gasteiger partial charge in [-0.1, -0.05) is 13.3 Å². The zero-order chi connectivity index (χ0) is 16.5. The highest BCUT2D eigenvalue weighted by Crippen LogP contribution is 2.28. The minimum absolute atomic E-state index is 0.00686. The molecule has 0 aliphatic heterocycles. The Bertz CT molecular complexity index is 461. The Morgan fingerprint density at radius 1 is 1.04 bits per heavy atom. The molecule has 1 aromatic carbocycles. The van der Waals surface area contributed by atoms with Gasteiger partial charge in [0.15, 0.2) is 0 Å². The molecule has 0 radical (unpaired) electrons. The molecule has 4 heteroatoms. The van der Waals surface area contributed by atoms with Crippen LogP contribution in [0.1, 0.15) is 52.4 Å². The molecule has 0 spiro atoms. The van der Waals surface area contributed by atoms with E-state index >= 15 is 0 Å². The van der Waals surface area contributed by atoms with Crippen LogP contribution in [0, 0.1) is 5.92 Å². The van der Waals surface area contributed by atoms with Gasteiger partial charge in [0.1, 0.15) is 11.5 Å². The first-order chi connectivity index (χ1) is 11.2. The second kappa shape index (κ2) is 9.56. The molecular weight excluding hydrogens is 292 g/mol. The second-order valence-electron chi connectivity index (χ2n) is 6.02. The van der Waals surface area contributed by atoms with E-state index in [1.54, 1.807) is 12.1 Å². The van der Waals surface area contributed by atoms with E-state index in [4.69, 9.17) is 14.2 Å². The van der Waals surface area contributed by atoms with Gasteiger partial charge in [0.25, 0.3) is 0 Å². The Balaban J connectivity index is 1.74. The van der Waals surface area contributed by atoms with Crippen molar-refractivity contribution >= 4 is 5.97 Å². The monoisotopic (exact) mass is 320 g/mol. The maximum atomic E-state index is 12.3. The van der Waals surface area contributed by atoms with Crippen molar-refractivity contribution in [2.24, 2.45) is 5.92 Å². The van der Waals surface area contributed by atoms with Crippen molar-refractivity contribution in [3.8, 4) is 11.5 Å². The number of carbonyl (C=O) groups is 1. The van der Waals surface area contributed by atoms with Crippen molar-refractivity contribution in [2.45, 2.75) is 58.5 Å². The van der Waals surface area contributed by atoms with E-state index in [0.29, 0.717) is 18.5 Å². The predicted octanol–water partition coefficient (Wildman–Crippen LogP) is 4.37. The highest BCUT2D eigenvalue weighted by Gasteiger charge is 2.28. The van der Waals surface area contributed by atoms with E-state index in [9.17, 15) is 4.79 Å². The van der Waals surface area contributed by atoms with E-state index in [0.717, 1.165) is 50.9 Å². The zero-order valence-corrected chi connectivity index (χ0v) is 14.3. The largest absolute Gasteiger partial charge is 0.494 e. The topological polar surface area (TPSA) is 44.8 Å². The lowest BCUT2D eigenvalue weighted by Gasteiger charge is -2.27. The van der Waals surface area contributed by atoms with Crippen molar-refractivity contribution in [3.63, 3.8) is 0 Å². The van der Waals surface area contributed by atoms with Crippen molar-refractivity contribution in [3.05, 3.63) is 24.3 Å². The van der Waals surface area contributed by atoms with E-state index in [2.05, 4.69) is 6.92 Å². The number of carbonyl (C=O) groups excluding carboxylic acids is 1. The molecule has 1 saturated carbocycles. The van der Waals surface area contributed by atoms with E-state index in [-0.39, 0.29) is 11.9 Å². The van der Waals surface area contributed by atoms with Crippen LogP contribution in [0.3, 0.4) is 0 Å². The first kappa shape index (κ1) is 17.8. The highest BCUT2D eigenvalue weighted by atomic mass is 16.5. The van der Waals surface area contributed by atoms with Gasteiger partial charge in [-0.15, -0.1) is 0 Å². The summed E-state index contributed by atoms with van der Waals surface area (Å²) < 4.78 is 16.7. The number of ether oxygens (including phenoxy) is 3. The summed E-state index contributed by atoms with van der Waals surface area (Å²) in [6.45, 7) is 5.57. The lowest BCUT2D eigenvalue weighted by molar-refractivity contribution is -0.141. The molecule has 4 nitrogen and oxygen atoms in total. The van der Waals surface area contributed by atoms with Crippen LogP contribution in [0.25, 0.3) is 0 Å². The van der Waals surface area contributed by atoms with E-state index in [1.807, 2.05) is 19.1 Å². The molecule has 0 bridgehead atoms. The summed E-state index contributed by atoms with van der Waals surface area (Å²) in [6.07, 6.45) is 6.19. The number of unbranched alkanes of at least 4 members (excludes halogenated alkanes) is 1. The van der Waals surface area contributed by atoms with Gasteiger partial charge in [0.05, 0.1) is 18.6 Å². The molecule has 1 aliphatic rings. The molecule has 0 heterocycles. The molecule has 128 valence electrons. The summed E-state index contributed by atoms with van der Waals surface area (Å²) >= 11 is 0. The van der Waals surface area contributed by atoms with Crippen LogP contribution in [0.5, 0.6) is 11.5 Å². The summed E-state index contributed by atoms with van der Waals surface area (Å²) in [7, 11) is 0. The number of rotatable bonds is 8. The van der Waals surface area contributed by atoms with Crippen molar-refractivity contribution < 1.29 is 19.0 Å². The maximum Gasteiger partial charge on any atom is 0.314 e. The summed E-state index contributed by atoms with van der Waals surface area (Å²) in [5, 5.41) is 0. The number of hydrogen-bond donors (Lipinski definition) is 0. The molecule has 0 unspecified atom stereocenters. The fourth-order valence-corrected chi connectivity index (χ4v) is 2.83. The molecule has 0 atom stereocenters. The molecular formula is C19H28O4. The molecule has 0 aromatic heterocycles. The van der Waals surface area contributed by atoms with Crippen LogP contribution >= 0.6 is 0 Å². The van der Waals surface area contributed by atoms with Gasteiger partial charge in [-0.05, 0) is 63.3 Å². The Kier molecular flexibility index (Phi) is 7.40. The van der Waals surface area contributed by atoms with Crippen LogP contribution in [0.4, 0.5) is 0 Å². The standard InChI is InChI=1S/C19H28O4/c1-3-5-14-22-17-8-6-15(7-9-17)19(20)23-18-12-10-16(11-13-18)21-4-2/h10-13,15,17H,3-9,14H2,1-2H3. The van der Waals surface area contributed by atoms with Crippen molar-refractivity contribution in [1.29, 1.82) is 0 Å². The van der Waals surface area contributed by atoms with Crippen molar-refractivity contribution in [1.82, 2.24) is 0 Å². The number of benzene rings is 1. The van der Waals surface area contributed by atoms with E-state index < -0.39 is 0 Å². The van der Waals surface area contributed by atoms with Crippen LogP contribution < -0.4 is 9.47 Å². The van der Waals surface area contributed by atoms with Crippen LogP contribution in [-0.2, 0) is 9.53 Å². The average molecular weight is 320 g/mol. The van der Waals surface area contributed by atoms with Gasteiger partial charge in [-0.2, -0.15) is 0 Å². The third kappa shape index (κ3) is 5.87. The quantitative estimate of drug-likeness (QED) is 0.405. The maximum absolute atomic E-state index is 12.3. The fraction of sp³-hybridized carbons (Fsp3) is 0.632. The zero-order valence-electron chi connectivity index (χ0n) is 14.3. The van der Waals surface area contributed by atoms with Gasteiger partial charge in [0.2, 0.25) is 0 Å². The molecule has 23 heavy (non-hydrogen) atoms. The lowest BCUT2D eigenvalue weighted by atomic mass is 9.87.